The standard InChI is InChI=1S/C14H18N2O5/c1-9(10-3-4-10)15-14(17)8-21-13-7-11(16(18)19)5-6-12(13)20-2/h5-7,9-10H,3-4,8H2,1-2H3,(H,15,17)/t9-/m0/s1. The first kappa shape index (κ1) is 15.1. The number of methoxy groups -OCH3 is 1. The van der Waals surface area contributed by atoms with Crippen molar-refractivity contribution < 1.29 is 19.2 Å². The van der Waals surface area contributed by atoms with Crippen molar-refractivity contribution >= 4 is 11.6 Å². The molecule has 1 aliphatic rings. The fourth-order valence-corrected chi connectivity index (χ4v) is 2.04. The Kier molecular flexibility index (Phi) is 4.62. The van der Waals surface area contributed by atoms with Crippen molar-refractivity contribution in [2.75, 3.05) is 13.7 Å². The number of nitro groups is 1. The van der Waals surface area contributed by atoms with Crippen LogP contribution in [0.2, 0.25) is 0 Å². The fourth-order valence-electron chi connectivity index (χ4n) is 2.04. The molecule has 0 spiro atoms. The minimum Gasteiger partial charge on any atom is -0.493 e. The van der Waals surface area contributed by atoms with E-state index in [1.54, 1.807) is 0 Å². The molecule has 0 unspecified atom stereocenters. The Balaban J connectivity index is 1.95. The lowest BCUT2D eigenvalue weighted by molar-refractivity contribution is -0.385. The zero-order valence-corrected chi connectivity index (χ0v) is 12.0. The number of nitrogens with zero attached hydrogens (tertiary/aromatic N) is 1. The maximum absolute atomic E-state index is 11.8. The highest BCUT2D eigenvalue weighted by Gasteiger charge is 2.28. The molecule has 0 bridgehead atoms. The summed E-state index contributed by atoms with van der Waals surface area (Å²) < 4.78 is 10.4. The van der Waals surface area contributed by atoms with Crippen LogP contribution in [0.25, 0.3) is 0 Å². The summed E-state index contributed by atoms with van der Waals surface area (Å²) in [6.07, 6.45) is 2.28. The van der Waals surface area contributed by atoms with E-state index in [0.717, 1.165) is 12.8 Å². The van der Waals surface area contributed by atoms with Gasteiger partial charge in [0.25, 0.3) is 11.6 Å². The van der Waals surface area contributed by atoms with E-state index in [9.17, 15) is 14.9 Å². The monoisotopic (exact) mass is 294 g/mol. The summed E-state index contributed by atoms with van der Waals surface area (Å²) in [5, 5.41) is 13.6. The maximum atomic E-state index is 11.8. The Bertz CT molecular complexity index is 542. The Hall–Kier alpha value is -2.31. The van der Waals surface area contributed by atoms with Crippen molar-refractivity contribution in [3.8, 4) is 11.5 Å². The molecule has 7 heteroatoms. The number of nitrogens with one attached hydrogen (secondary N) is 1. The first-order valence-electron chi connectivity index (χ1n) is 6.76. The normalized spacial score (nSPS) is 15.1. The highest BCUT2D eigenvalue weighted by molar-refractivity contribution is 5.78. The molecule has 1 aromatic carbocycles. The van der Waals surface area contributed by atoms with E-state index >= 15 is 0 Å². The average Bonchev–Trinajstić information content (AvgIpc) is 3.29. The largest absolute Gasteiger partial charge is 0.493 e. The van der Waals surface area contributed by atoms with Crippen molar-refractivity contribution in [3.05, 3.63) is 28.3 Å². The molecule has 114 valence electrons. The maximum Gasteiger partial charge on any atom is 0.273 e. The lowest BCUT2D eigenvalue weighted by Gasteiger charge is -2.14. The molecule has 0 heterocycles. The molecule has 21 heavy (non-hydrogen) atoms. The number of hydrogen-bond acceptors (Lipinski definition) is 5. The number of benzene rings is 1. The average molecular weight is 294 g/mol. The smallest absolute Gasteiger partial charge is 0.273 e. The summed E-state index contributed by atoms with van der Waals surface area (Å²) >= 11 is 0. The first-order valence-corrected chi connectivity index (χ1v) is 6.76. The SMILES string of the molecule is COc1ccc([N+](=O)[O-])cc1OCC(=O)N[C@@H](C)C1CC1. The van der Waals surface area contributed by atoms with Gasteiger partial charge >= 0.3 is 0 Å². The van der Waals surface area contributed by atoms with Crippen LogP contribution >= 0.6 is 0 Å². The molecule has 2 rings (SSSR count). The molecule has 1 fully saturated rings. The van der Waals surface area contributed by atoms with Crippen LogP contribution in [0.3, 0.4) is 0 Å². The number of carbonyl (C=O) groups is 1. The molecule has 1 N–H and O–H groups in total. The number of rotatable bonds is 7. The van der Waals surface area contributed by atoms with Crippen LogP contribution in [0.4, 0.5) is 5.69 Å². The molecule has 1 saturated carbocycles. The Morgan fingerprint density at radius 2 is 2.19 bits per heavy atom. The lowest BCUT2D eigenvalue weighted by atomic mass is 10.2. The highest BCUT2D eigenvalue weighted by atomic mass is 16.6. The van der Waals surface area contributed by atoms with Crippen molar-refractivity contribution in [1.29, 1.82) is 0 Å². The number of carbonyl (C=O) groups excluding carboxylic acids is 1. The zero-order valence-electron chi connectivity index (χ0n) is 12.0. The number of hydrogen-bond donors (Lipinski definition) is 1. The zero-order chi connectivity index (χ0) is 15.4. The molecule has 7 nitrogen and oxygen atoms in total. The lowest BCUT2D eigenvalue weighted by Crippen LogP contribution is -2.37. The van der Waals surface area contributed by atoms with Gasteiger partial charge in [0.05, 0.1) is 18.1 Å². The Morgan fingerprint density at radius 3 is 2.76 bits per heavy atom. The van der Waals surface area contributed by atoms with Crippen LogP contribution < -0.4 is 14.8 Å². The molecule has 1 amide bonds. The third-order valence-electron chi connectivity index (χ3n) is 3.43. The second-order valence-corrected chi connectivity index (χ2v) is 5.07. The predicted octanol–water partition coefficient (Wildman–Crippen LogP) is 1.90. The van der Waals surface area contributed by atoms with Gasteiger partial charge in [0, 0.05) is 12.1 Å². The van der Waals surface area contributed by atoms with Gasteiger partial charge in [0.2, 0.25) is 0 Å². The van der Waals surface area contributed by atoms with Gasteiger partial charge in [-0.3, -0.25) is 14.9 Å². The van der Waals surface area contributed by atoms with Gasteiger partial charge in [-0.05, 0) is 31.7 Å². The van der Waals surface area contributed by atoms with E-state index in [4.69, 9.17) is 9.47 Å². The molecule has 0 aliphatic heterocycles. The quantitative estimate of drug-likeness (QED) is 0.612. The predicted molar refractivity (Wildman–Crippen MR) is 75.5 cm³/mol. The van der Waals surface area contributed by atoms with E-state index in [1.165, 1.54) is 25.3 Å². The van der Waals surface area contributed by atoms with Crippen molar-refractivity contribution in [3.63, 3.8) is 0 Å². The van der Waals surface area contributed by atoms with Crippen molar-refractivity contribution in [2.24, 2.45) is 5.92 Å². The third kappa shape index (κ3) is 4.08. The van der Waals surface area contributed by atoms with Crippen LogP contribution in [0.1, 0.15) is 19.8 Å². The van der Waals surface area contributed by atoms with E-state index in [-0.39, 0.29) is 30.0 Å². The molecule has 1 aliphatic carbocycles. The number of ether oxygens (including phenoxy) is 2. The van der Waals surface area contributed by atoms with Crippen molar-refractivity contribution in [2.45, 2.75) is 25.8 Å². The molecule has 0 radical (unpaired) electrons. The van der Waals surface area contributed by atoms with Crippen LogP contribution in [0.5, 0.6) is 11.5 Å². The van der Waals surface area contributed by atoms with Gasteiger partial charge in [-0.2, -0.15) is 0 Å². The number of nitro benzene ring substituents is 1. The van der Waals surface area contributed by atoms with Gasteiger partial charge in [0.15, 0.2) is 18.1 Å². The minimum absolute atomic E-state index is 0.113. The Labute approximate surface area is 122 Å². The highest BCUT2D eigenvalue weighted by Crippen LogP contribution is 2.32. The molecule has 1 atom stereocenters. The number of non-ortho nitro benzene ring substituents is 1. The van der Waals surface area contributed by atoms with E-state index in [0.29, 0.717) is 11.7 Å². The van der Waals surface area contributed by atoms with Crippen molar-refractivity contribution in [1.82, 2.24) is 5.32 Å². The van der Waals surface area contributed by atoms with Gasteiger partial charge in [-0.15, -0.1) is 0 Å². The molecular formula is C14H18N2O5. The second-order valence-electron chi connectivity index (χ2n) is 5.07. The fraction of sp³-hybridized carbons (Fsp3) is 0.500. The van der Waals surface area contributed by atoms with E-state index in [1.807, 2.05) is 6.92 Å². The summed E-state index contributed by atoms with van der Waals surface area (Å²) in [7, 11) is 1.43. The van der Waals surface area contributed by atoms with Crippen LogP contribution in [0, 0.1) is 16.0 Å². The molecular weight excluding hydrogens is 276 g/mol. The first-order chi connectivity index (χ1) is 10.0. The second kappa shape index (κ2) is 6.43. The van der Waals surface area contributed by atoms with Crippen LogP contribution in [-0.4, -0.2) is 30.6 Å². The molecule has 1 aromatic rings. The summed E-state index contributed by atoms with van der Waals surface area (Å²) in [5.74, 6) is 0.842. The van der Waals surface area contributed by atoms with E-state index < -0.39 is 4.92 Å². The Morgan fingerprint density at radius 1 is 1.48 bits per heavy atom. The minimum atomic E-state index is -0.526. The topological polar surface area (TPSA) is 90.7 Å². The van der Waals surface area contributed by atoms with Gasteiger partial charge in [-0.1, -0.05) is 0 Å². The molecule has 0 aromatic heterocycles. The summed E-state index contributed by atoms with van der Waals surface area (Å²) in [6, 6.07) is 4.14. The molecule has 0 saturated heterocycles. The third-order valence-corrected chi connectivity index (χ3v) is 3.43. The number of amides is 1. The van der Waals surface area contributed by atoms with Crippen LogP contribution in [0.15, 0.2) is 18.2 Å². The summed E-state index contributed by atoms with van der Waals surface area (Å²) in [5.41, 5.74) is -0.113. The van der Waals surface area contributed by atoms with Crippen LogP contribution in [-0.2, 0) is 4.79 Å². The summed E-state index contributed by atoms with van der Waals surface area (Å²) in [6.45, 7) is 1.76. The van der Waals surface area contributed by atoms with E-state index in [2.05, 4.69) is 5.32 Å². The summed E-state index contributed by atoms with van der Waals surface area (Å²) in [4.78, 5) is 22.0. The van der Waals surface area contributed by atoms with Gasteiger partial charge in [0.1, 0.15) is 0 Å². The van der Waals surface area contributed by atoms with Gasteiger partial charge in [-0.25, -0.2) is 0 Å². The van der Waals surface area contributed by atoms with Gasteiger partial charge < -0.3 is 14.8 Å².